The van der Waals surface area contributed by atoms with Crippen LogP contribution in [0, 0.1) is 0 Å². The molecular formula is C13H14Cl2N2O. The van der Waals surface area contributed by atoms with Crippen molar-refractivity contribution < 1.29 is 4.79 Å². The van der Waals surface area contributed by atoms with Gasteiger partial charge in [-0.1, -0.05) is 35.3 Å². The molecule has 2 rings (SSSR count). The van der Waals surface area contributed by atoms with Gasteiger partial charge in [0, 0.05) is 25.2 Å². The fourth-order valence-electron chi connectivity index (χ4n) is 1.90. The van der Waals surface area contributed by atoms with Crippen LogP contribution >= 0.6 is 23.2 Å². The van der Waals surface area contributed by atoms with E-state index in [2.05, 4.69) is 0 Å². The van der Waals surface area contributed by atoms with E-state index in [1.54, 1.807) is 23.1 Å². The van der Waals surface area contributed by atoms with E-state index in [0.29, 0.717) is 23.1 Å². The first-order valence-corrected chi connectivity index (χ1v) is 6.50. The van der Waals surface area contributed by atoms with Gasteiger partial charge in [-0.05, 0) is 24.1 Å². The molecule has 0 aliphatic carbocycles. The zero-order chi connectivity index (χ0) is 13.1. The smallest absolute Gasteiger partial charge is 0.246 e. The van der Waals surface area contributed by atoms with E-state index in [4.69, 9.17) is 28.9 Å². The molecule has 2 N–H and O–H groups in total. The second-order valence-electron chi connectivity index (χ2n) is 4.31. The minimum atomic E-state index is -0.0426. The van der Waals surface area contributed by atoms with Crippen LogP contribution in [0.4, 0.5) is 0 Å². The molecule has 0 radical (unpaired) electrons. The lowest BCUT2D eigenvalue weighted by molar-refractivity contribution is -0.124. The average molecular weight is 285 g/mol. The maximum atomic E-state index is 11.9. The van der Waals surface area contributed by atoms with E-state index in [1.165, 1.54) is 6.08 Å². The van der Waals surface area contributed by atoms with E-state index in [1.807, 2.05) is 6.07 Å². The van der Waals surface area contributed by atoms with Gasteiger partial charge in [0.15, 0.2) is 0 Å². The molecule has 1 unspecified atom stereocenters. The largest absolute Gasteiger partial charge is 0.338 e. The second-order valence-corrected chi connectivity index (χ2v) is 5.09. The van der Waals surface area contributed by atoms with Gasteiger partial charge in [-0.15, -0.1) is 0 Å². The van der Waals surface area contributed by atoms with Gasteiger partial charge >= 0.3 is 0 Å². The molecule has 1 amide bonds. The van der Waals surface area contributed by atoms with Crippen LogP contribution in [0.15, 0.2) is 24.3 Å². The third kappa shape index (κ3) is 3.05. The third-order valence-corrected chi connectivity index (χ3v) is 3.76. The summed E-state index contributed by atoms with van der Waals surface area (Å²) in [4.78, 5) is 13.6. The fourth-order valence-corrected chi connectivity index (χ4v) is 2.27. The first kappa shape index (κ1) is 13.4. The van der Waals surface area contributed by atoms with Crippen molar-refractivity contribution in [3.63, 3.8) is 0 Å². The lowest BCUT2D eigenvalue weighted by Gasteiger charge is -2.12. The maximum Gasteiger partial charge on any atom is 0.246 e. The molecule has 5 heteroatoms. The van der Waals surface area contributed by atoms with Crippen molar-refractivity contribution in [2.75, 3.05) is 13.1 Å². The summed E-state index contributed by atoms with van der Waals surface area (Å²) in [6, 6.07) is 5.41. The minimum Gasteiger partial charge on any atom is -0.338 e. The lowest BCUT2D eigenvalue weighted by Crippen LogP contribution is -2.30. The summed E-state index contributed by atoms with van der Waals surface area (Å²) in [6.45, 7) is 1.33. The molecule has 1 heterocycles. The van der Waals surface area contributed by atoms with E-state index in [-0.39, 0.29) is 11.9 Å². The molecule has 1 aliphatic rings. The highest BCUT2D eigenvalue weighted by atomic mass is 35.5. The Labute approximate surface area is 116 Å². The average Bonchev–Trinajstić information content (AvgIpc) is 2.77. The van der Waals surface area contributed by atoms with Crippen molar-refractivity contribution in [1.29, 1.82) is 0 Å². The number of halogens is 2. The van der Waals surface area contributed by atoms with Gasteiger partial charge in [-0.3, -0.25) is 4.79 Å². The van der Waals surface area contributed by atoms with Crippen LogP contribution in [0.2, 0.25) is 10.0 Å². The predicted octanol–water partition coefficient (Wildman–Crippen LogP) is 2.57. The minimum absolute atomic E-state index is 0.0426. The van der Waals surface area contributed by atoms with Crippen LogP contribution in [0.5, 0.6) is 0 Å². The van der Waals surface area contributed by atoms with Gasteiger partial charge in [-0.25, -0.2) is 0 Å². The molecule has 18 heavy (non-hydrogen) atoms. The molecule has 0 spiro atoms. The van der Waals surface area contributed by atoms with E-state index >= 15 is 0 Å². The number of nitrogens with two attached hydrogens (primary N) is 1. The molecule has 1 aromatic carbocycles. The summed E-state index contributed by atoms with van der Waals surface area (Å²) in [5.41, 5.74) is 6.49. The Hall–Kier alpha value is -1.03. The van der Waals surface area contributed by atoms with Crippen molar-refractivity contribution in [3.05, 3.63) is 39.9 Å². The summed E-state index contributed by atoms with van der Waals surface area (Å²) in [5.74, 6) is -0.0426. The molecule has 1 aliphatic heterocycles. The first-order chi connectivity index (χ1) is 8.58. The monoisotopic (exact) mass is 284 g/mol. The lowest BCUT2D eigenvalue weighted by atomic mass is 10.2. The van der Waals surface area contributed by atoms with Gasteiger partial charge in [-0.2, -0.15) is 0 Å². The number of hydrogen-bond donors (Lipinski definition) is 1. The van der Waals surface area contributed by atoms with E-state index in [9.17, 15) is 4.79 Å². The Morgan fingerprint density at radius 1 is 1.44 bits per heavy atom. The number of nitrogens with zero attached hydrogens (tertiary/aromatic N) is 1. The molecule has 1 aromatic rings. The predicted molar refractivity (Wildman–Crippen MR) is 74.7 cm³/mol. The molecule has 96 valence electrons. The SMILES string of the molecule is NC1CCN(C(=O)/C=C/c2cccc(Cl)c2Cl)C1. The van der Waals surface area contributed by atoms with Gasteiger partial charge in [0.05, 0.1) is 10.0 Å². The van der Waals surface area contributed by atoms with Crippen LogP contribution < -0.4 is 5.73 Å². The summed E-state index contributed by atoms with van der Waals surface area (Å²) in [7, 11) is 0. The number of hydrogen-bond acceptors (Lipinski definition) is 2. The van der Waals surface area contributed by atoms with E-state index < -0.39 is 0 Å². The maximum absolute atomic E-state index is 11.9. The molecular weight excluding hydrogens is 271 g/mol. The molecule has 0 aromatic heterocycles. The van der Waals surface area contributed by atoms with Gasteiger partial charge in [0.25, 0.3) is 0 Å². The Morgan fingerprint density at radius 2 is 2.22 bits per heavy atom. The van der Waals surface area contributed by atoms with Crippen molar-refractivity contribution in [2.45, 2.75) is 12.5 Å². The van der Waals surface area contributed by atoms with Crippen LogP contribution in [0.25, 0.3) is 6.08 Å². The summed E-state index contributed by atoms with van der Waals surface area (Å²) >= 11 is 11.9. The molecule has 3 nitrogen and oxygen atoms in total. The van der Waals surface area contributed by atoms with Gasteiger partial charge in [0.2, 0.25) is 5.91 Å². The van der Waals surface area contributed by atoms with Crippen molar-refractivity contribution in [2.24, 2.45) is 5.73 Å². The van der Waals surface area contributed by atoms with Gasteiger partial charge in [0.1, 0.15) is 0 Å². The first-order valence-electron chi connectivity index (χ1n) is 5.74. The molecule has 0 saturated carbocycles. The molecule has 1 fully saturated rings. The number of carbonyl (C=O) groups is 1. The highest BCUT2D eigenvalue weighted by molar-refractivity contribution is 6.42. The van der Waals surface area contributed by atoms with Crippen molar-refractivity contribution >= 4 is 35.2 Å². The fraction of sp³-hybridized carbons (Fsp3) is 0.308. The number of amides is 1. The zero-order valence-corrected chi connectivity index (χ0v) is 11.3. The number of rotatable bonds is 2. The highest BCUT2D eigenvalue weighted by Gasteiger charge is 2.21. The van der Waals surface area contributed by atoms with Crippen LogP contribution in [-0.4, -0.2) is 29.9 Å². The Morgan fingerprint density at radius 3 is 2.89 bits per heavy atom. The Kier molecular flexibility index (Phi) is 4.27. The summed E-state index contributed by atoms with van der Waals surface area (Å²) in [5, 5.41) is 0.941. The van der Waals surface area contributed by atoms with Crippen molar-refractivity contribution in [1.82, 2.24) is 4.90 Å². The normalized spacial score (nSPS) is 19.7. The van der Waals surface area contributed by atoms with Gasteiger partial charge < -0.3 is 10.6 Å². The second kappa shape index (κ2) is 5.74. The number of carbonyl (C=O) groups excluding carboxylic acids is 1. The van der Waals surface area contributed by atoms with Crippen molar-refractivity contribution in [3.8, 4) is 0 Å². The van der Waals surface area contributed by atoms with Crippen LogP contribution in [0.1, 0.15) is 12.0 Å². The topological polar surface area (TPSA) is 46.3 Å². The summed E-state index contributed by atoms with van der Waals surface area (Å²) < 4.78 is 0. The molecule has 1 saturated heterocycles. The zero-order valence-electron chi connectivity index (χ0n) is 9.77. The number of benzene rings is 1. The van der Waals surface area contributed by atoms with Crippen LogP contribution in [0.3, 0.4) is 0 Å². The Balaban J connectivity index is 2.06. The standard InChI is InChI=1S/C13H14Cl2N2O/c14-11-3-1-2-9(13(11)15)4-5-12(18)17-7-6-10(16)8-17/h1-5,10H,6-8,16H2/b5-4+. The highest BCUT2D eigenvalue weighted by Crippen LogP contribution is 2.26. The Bertz CT molecular complexity index is 488. The third-order valence-electron chi connectivity index (χ3n) is 2.92. The quantitative estimate of drug-likeness (QED) is 0.849. The summed E-state index contributed by atoms with van der Waals surface area (Å²) in [6.07, 6.45) is 4.05. The van der Waals surface area contributed by atoms with Crippen LogP contribution in [-0.2, 0) is 4.79 Å². The number of likely N-dealkylation sites (tertiary alicyclic amines) is 1. The van der Waals surface area contributed by atoms with E-state index in [0.717, 1.165) is 12.0 Å². The molecule has 1 atom stereocenters. The molecule has 0 bridgehead atoms.